The first-order valence-corrected chi connectivity index (χ1v) is 10.2. The number of pyridine rings is 2. The minimum absolute atomic E-state index is 0.0508. The summed E-state index contributed by atoms with van der Waals surface area (Å²) in [6, 6.07) is 5.89. The standard InChI is InChI=1S/C21H25N7O/c1-27-7-4-14(5-8-27)21(29)26-19-10-17-15(11-23-19)2-3-16(25-17)18-12-24-20-13-22-6-9-28(18)20/h2-3,10-12,14,22H,4-9,13H2,1H3,(H,23,26,29). The minimum Gasteiger partial charge on any atom is -0.324 e. The van der Waals surface area contributed by atoms with Crippen LogP contribution in [0.4, 0.5) is 5.82 Å². The Morgan fingerprint density at radius 1 is 1.17 bits per heavy atom. The van der Waals surface area contributed by atoms with Crippen LogP contribution in [0.3, 0.4) is 0 Å². The van der Waals surface area contributed by atoms with Gasteiger partial charge < -0.3 is 20.1 Å². The van der Waals surface area contributed by atoms with Crippen molar-refractivity contribution in [1.29, 1.82) is 0 Å². The van der Waals surface area contributed by atoms with E-state index in [-0.39, 0.29) is 11.8 Å². The number of fused-ring (bicyclic) bond motifs is 2. The zero-order valence-corrected chi connectivity index (χ0v) is 16.6. The largest absolute Gasteiger partial charge is 0.324 e. The molecule has 2 aliphatic rings. The summed E-state index contributed by atoms with van der Waals surface area (Å²) >= 11 is 0. The molecule has 0 atom stereocenters. The van der Waals surface area contributed by atoms with Gasteiger partial charge in [-0.05, 0) is 45.1 Å². The second-order valence-electron chi connectivity index (χ2n) is 7.91. The fourth-order valence-corrected chi connectivity index (χ4v) is 4.13. The SMILES string of the molecule is CN1CCC(C(=O)Nc2cc3nc(-c4cnc5n4CCNC5)ccc3cn2)CC1. The van der Waals surface area contributed by atoms with Crippen molar-refractivity contribution in [3.8, 4) is 11.4 Å². The van der Waals surface area contributed by atoms with E-state index in [0.717, 1.165) is 73.7 Å². The number of anilines is 1. The zero-order chi connectivity index (χ0) is 19.8. The van der Waals surface area contributed by atoms with Gasteiger partial charge in [0, 0.05) is 36.7 Å². The molecule has 1 amide bonds. The van der Waals surface area contributed by atoms with Crippen molar-refractivity contribution in [2.24, 2.45) is 5.92 Å². The van der Waals surface area contributed by atoms with Crippen LogP contribution in [0.25, 0.3) is 22.3 Å². The number of amides is 1. The maximum absolute atomic E-state index is 12.6. The van der Waals surface area contributed by atoms with Gasteiger partial charge >= 0.3 is 0 Å². The van der Waals surface area contributed by atoms with Crippen LogP contribution in [-0.2, 0) is 17.9 Å². The van der Waals surface area contributed by atoms with E-state index in [9.17, 15) is 4.79 Å². The highest BCUT2D eigenvalue weighted by Crippen LogP contribution is 2.25. The van der Waals surface area contributed by atoms with Crippen molar-refractivity contribution >= 4 is 22.6 Å². The van der Waals surface area contributed by atoms with Crippen molar-refractivity contribution < 1.29 is 4.79 Å². The Morgan fingerprint density at radius 2 is 2.03 bits per heavy atom. The Bertz CT molecular complexity index is 1050. The van der Waals surface area contributed by atoms with Crippen LogP contribution in [0.15, 0.2) is 30.6 Å². The number of nitrogens with zero attached hydrogens (tertiary/aromatic N) is 5. The molecule has 3 aromatic heterocycles. The van der Waals surface area contributed by atoms with Crippen LogP contribution in [0.2, 0.25) is 0 Å². The number of rotatable bonds is 3. The van der Waals surface area contributed by atoms with Crippen LogP contribution in [-0.4, -0.2) is 57.0 Å². The van der Waals surface area contributed by atoms with Gasteiger partial charge in [0.05, 0.1) is 29.6 Å². The van der Waals surface area contributed by atoms with Gasteiger partial charge in [0.1, 0.15) is 11.6 Å². The molecular weight excluding hydrogens is 366 g/mol. The van der Waals surface area contributed by atoms with E-state index in [1.165, 1.54) is 0 Å². The maximum Gasteiger partial charge on any atom is 0.228 e. The van der Waals surface area contributed by atoms with Gasteiger partial charge in [0.15, 0.2) is 0 Å². The fraction of sp³-hybridized carbons (Fsp3) is 0.429. The lowest BCUT2D eigenvalue weighted by Gasteiger charge is -2.27. The molecule has 2 aliphatic heterocycles. The average molecular weight is 391 g/mol. The van der Waals surface area contributed by atoms with Crippen LogP contribution in [0.1, 0.15) is 18.7 Å². The first kappa shape index (κ1) is 18.2. The molecule has 8 nitrogen and oxygen atoms in total. The summed E-state index contributed by atoms with van der Waals surface area (Å²) in [5, 5.41) is 7.27. The van der Waals surface area contributed by atoms with Crippen molar-refractivity contribution in [2.75, 3.05) is 32.0 Å². The van der Waals surface area contributed by atoms with Gasteiger partial charge in [-0.1, -0.05) is 0 Å². The predicted molar refractivity (Wildman–Crippen MR) is 111 cm³/mol. The molecule has 29 heavy (non-hydrogen) atoms. The van der Waals surface area contributed by atoms with E-state index in [0.29, 0.717) is 5.82 Å². The van der Waals surface area contributed by atoms with E-state index in [1.54, 1.807) is 6.20 Å². The van der Waals surface area contributed by atoms with E-state index in [1.807, 2.05) is 24.4 Å². The van der Waals surface area contributed by atoms with Crippen LogP contribution < -0.4 is 10.6 Å². The first-order valence-electron chi connectivity index (χ1n) is 10.2. The Labute approximate surface area is 169 Å². The summed E-state index contributed by atoms with van der Waals surface area (Å²) in [6.45, 7) is 4.52. The van der Waals surface area contributed by atoms with E-state index < -0.39 is 0 Å². The monoisotopic (exact) mass is 391 g/mol. The Balaban J connectivity index is 1.40. The summed E-state index contributed by atoms with van der Waals surface area (Å²) in [7, 11) is 2.09. The molecule has 0 radical (unpaired) electrons. The molecular formula is C21H25N7O. The molecule has 0 spiro atoms. The molecule has 1 saturated heterocycles. The molecule has 5 heterocycles. The van der Waals surface area contributed by atoms with E-state index in [2.05, 4.69) is 37.1 Å². The third-order valence-corrected chi connectivity index (χ3v) is 5.91. The second kappa shape index (κ2) is 7.53. The number of aromatic nitrogens is 4. The third-order valence-electron chi connectivity index (χ3n) is 5.91. The number of piperidine rings is 1. The van der Waals surface area contributed by atoms with Gasteiger partial charge in [-0.3, -0.25) is 4.79 Å². The van der Waals surface area contributed by atoms with E-state index >= 15 is 0 Å². The van der Waals surface area contributed by atoms with E-state index in [4.69, 9.17) is 4.98 Å². The lowest BCUT2D eigenvalue weighted by molar-refractivity contribution is -0.121. The summed E-state index contributed by atoms with van der Waals surface area (Å²) < 4.78 is 2.22. The zero-order valence-electron chi connectivity index (χ0n) is 16.6. The lowest BCUT2D eigenvalue weighted by Crippen LogP contribution is -2.36. The number of likely N-dealkylation sites (tertiary alicyclic amines) is 1. The fourth-order valence-electron chi connectivity index (χ4n) is 4.13. The quantitative estimate of drug-likeness (QED) is 0.709. The first-order chi connectivity index (χ1) is 14.2. The molecule has 0 unspecified atom stereocenters. The minimum atomic E-state index is 0.0508. The van der Waals surface area contributed by atoms with Crippen LogP contribution in [0.5, 0.6) is 0 Å². The van der Waals surface area contributed by atoms with Gasteiger partial charge in [0.2, 0.25) is 5.91 Å². The number of imidazole rings is 1. The number of carbonyl (C=O) groups excluding carboxylic acids is 1. The van der Waals surface area contributed by atoms with Gasteiger partial charge in [0.25, 0.3) is 0 Å². The summed E-state index contributed by atoms with van der Waals surface area (Å²) in [6.07, 6.45) is 5.44. The molecule has 0 bridgehead atoms. The van der Waals surface area contributed by atoms with Gasteiger partial charge in [-0.2, -0.15) is 0 Å². The highest BCUT2D eigenvalue weighted by Gasteiger charge is 2.23. The highest BCUT2D eigenvalue weighted by molar-refractivity contribution is 5.93. The number of nitrogens with one attached hydrogen (secondary N) is 2. The number of hydrogen-bond donors (Lipinski definition) is 2. The Hall–Kier alpha value is -2.84. The molecule has 0 aliphatic carbocycles. The van der Waals surface area contributed by atoms with Crippen molar-refractivity contribution in [2.45, 2.75) is 25.9 Å². The smallest absolute Gasteiger partial charge is 0.228 e. The lowest BCUT2D eigenvalue weighted by atomic mass is 9.96. The summed E-state index contributed by atoms with van der Waals surface area (Å²) in [5.41, 5.74) is 2.73. The van der Waals surface area contributed by atoms with Crippen molar-refractivity contribution in [3.63, 3.8) is 0 Å². The van der Waals surface area contributed by atoms with Crippen molar-refractivity contribution in [3.05, 3.63) is 36.4 Å². The molecule has 1 fully saturated rings. The molecule has 0 saturated carbocycles. The van der Waals surface area contributed by atoms with Gasteiger partial charge in [-0.25, -0.2) is 15.0 Å². The molecule has 150 valence electrons. The summed E-state index contributed by atoms with van der Waals surface area (Å²) in [5.74, 6) is 1.70. The molecule has 3 aromatic rings. The predicted octanol–water partition coefficient (Wildman–Crippen LogP) is 1.88. The molecule has 0 aromatic carbocycles. The third kappa shape index (κ3) is 3.61. The topological polar surface area (TPSA) is 88.0 Å². The number of hydrogen-bond acceptors (Lipinski definition) is 6. The number of carbonyl (C=O) groups is 1. The van der Waals surface area contributed by atoms with Crippen LogP contribution >= 0.6 is 0 Å². The Kier molecular flexibility index (Phi) is 4.73. The summed E-state index contributed by atoms with van der Waals surface area (Å²) in [4.78, 5) is 28.6. The maximum atomic E-state index is 12.6. The second-order valence-corrected chi connectivity index (χ2v) is 7.91. The normalized spacial score (nSPS) is 18.0. The average Bonchev–Trinajstić information content (AvgIpc) is 3.18. The highest BCUT2D eigenvalue weighted by atomic mass is 16.1. The molecule has 8 heteroatoms. The molecule has 5 rings (SSSR count). The van der Waals surface area contributed by atoms with Crippen molar-refractivity contribution in [1.82, 2.24) is 29.7 Å². The molecule has 2 N–H and O–H groups in total. The van der Waals surface area contributed by atoms with Crippen LogP contribution in [0, 0.1) is 5.92 Å². The van der Waals surface area contributed by atoms with Gasteiger partial charge in [-0.15, -0.1) is 0 Å². The Morgan fingerprint density at radius 3 is 2.90 bits per heavy atom.